The van der Waals surface area contributed by atoms with E-state index in [1.807, 2.05) is 0 Å². The third kappa shape index (κ3) is 7.10. The van der Waals surface area contributed by atoms with Gasteiger partial charge in [-0.15, -0.1) is 0 Å². The van der Waals surface area contributed by atoms with Crippen LogP contribution in [0.15, 0.2) is 57.2 Å². The summed E-state index contributed by atoms with van der Waals surface area (Å²) in [4.78, 5) is -4.99. The van der Waals surface area contributed by atoms with Crippen LogP contribution in [0.3, 0.4) is 0 Å². The summed E-state index contributed by atoms with van der Waals surface area (Å²) in [7, 11) is -17.0. The Hall–Kier alpha value is 2.70. The summed E-state index contributed by atoms with van der Waals surface area (Å²) in [6, 6.07) is 9.30. The molecule has 0 amide bonds. The van der Waals surface area contributed by atoms with E-state index in [0.717, 1.165) is 6.07 Å². The molecule has 0 saturated heterocycles. The smallest absolute Gasteiger partial charge is 0.744 e. The van der Waals surface area contributed by atoms with Crippen molar-refractivity contribution in [3.63, 3.8) is 0 Å². The molecule has 0 aromatic heterocycles. The first-order chi connectivity index (χ1) is 11.8. The molecule has 9 nitrogen and oxygen atoms in total. The largest absolute Gasteiger partial charge is 1.00 e. The fourth-order valence-electron chi connectivity index (χ4n) is 2.69. The SMILES string of the molecule is O=S(=O)([O-])c1cc2cc3ccccc3cc2c(S(=O)(=O)[O-])c1S(=O)(=O)[O-].[Fr+].[Fr+].[Fr+]. The molecule has 0 fully saturated rings. The van der Waals surface area contributed by atoms with Crippen molar-refractivity contribution in [3.05, 3.63) is 42.5 Å². The summed E-state index contributed by atoms with van der Waals surface area (Å²) in [5.74, 6) is 0. The van der Waals surface area contributed by atoms with E-state index in [4.69, 9.17) is 0 Å². The van der Waals surface area contributed by atoms with Crippen LogP contribution in [0.4, 0.5) is 0 Å². The minimum Gasteiger partial charge on any atom is -0.744 e. The predicted molar refractivity (Wildman–Crippen MR) is 85.3 cm³/mol. The third-order valence-corrected chi connectivity index (χ3v) is 6.62. The van der Waals surface area contributed by atoms with E-state index in [1.165, 1.54) is 12.1 Å². The van der Waals surface area contributed by atoms with Crippen LogP contribution in [0.1, 0.15) is 0 Å². The first kappa shape index (κ1) is 31.7. The Morgan fingerprint density at radius 3 is 1.41 bits per heavy atom. The Balaban J connectivity index is 0.00000261. The molecule has 0 heterocycles. The molecule has 0 spiro atoms. The zero-order valence-electron chi connectivity index (χ0n) is 15.4. The van der Waals surface area contributed by atoms with Crippen LogP contribution < -0.4 is 0 Å². The second-order valence-corrected chi connectivity index (χ2v) is 9.30. The van der Waals surface area contributed by atoms with Crippen LogP contribution in [0.5, 0.6) is 0 Å². The molecule has 0 aliphatic heterocycles. The average Bonchev–Trinajstić information content (AvgIpc) is 2.48. The number of fused-ring (bicyclic) bond motifs is 2. The van der Waals surface area contributed by atoms with Crippen molar-refractivity contribution in [1.29, 1.82) is 0 Å². The van der Waals surface area contributed by atoms with Crippen LogP contribution in [-0.4, -0.2) is 38.9 Å². The summed E-state index contributed by atoms with van der Waals surface area (Å²) in [5.41, 5.74) is 0. The molecule has 3 rings (SSSR count). The Morgan fingerprint density at radius 1 is 0.552 bits per heavy atom. The molecule has 15 heteroatoms. The van der Waals surface area contributed by atoms with Gasteiger partial charge in [-0.2, -0.15) is 0 Å². The summed E-state index contributed by atoms with van der Waals surface area (Å²) in [6.07, 6.45) is 0. The molecule has 0 aliphatic carbocycles. The van der Waals surface area contributed by atoms with E-state index < -0.39 is 50.4 Å². The fourth-order valence-corrected chi connectivity index (χ4v) is 6.00. The number of hydrogen-bond donors (Lipinski definition) is 0. The average molecular weight is 1080 g/mol. The van der Waals surface area contributed by atoms with Gasteiger partial charge in [0, 0.05) is 5.39 Å². The minimum atomic E-state index is -5.78. The van der Waals surface area contributed by atoms with E-state index in [0.29, 0.717) is 16.8 Å². The monoisotopic (exact) mass is 1080 g/mol. The van der Waals surface area contributed by atoms with E-state index in [-0.39, 0.29) is 155 Å². The van der Waals surface area contributed by atoms with Gasteiger partial charge in [0.1, 0.15) is 30.4 Å². The number of hydrogen-bond acceptors (Lipinski definition) is 9. The van der Waals surface area contributed by atoms with E-state index in [2.05, 4.69) is 0 Å². The van der Waals surface area contributed by atoms with Gasteiger partial charge in [0.05, 0.1) is 14.7 Å². The van der Waals surface area contributed by atoms with Crippen molar-refractivity contribution < 1.29 is 189 Å². The second-order valence-electron chi connectivity index (χ2n) is 5.32. The topological polar surface area (TPSA) is 172 Å². The van der Waals surface area contributed by atoms with Crippen LogP contribution in [0.2, 0.25) is 0 Å². The first-order valence-electron chi connectivity index (χ1n) is 6.67. The summed E-state index contributed by atoms with van der Waals surface area (Å²) in [5, 5.41) is 0.235. The Morgan fingerprint density at radius 2 is 1.00 bits per heavy atom. The normalized spacial score (nSPS) is 12.0. The van der Waals surface area contributed by atoms with Gasteiger partial charge in [-0.05, 0) is 34.4 Å². The van der Waals surface area contributed by atoms with Crippen LogP contribution in [-0.2, 0) is 30.4 Å². The fraction of sp³-hybridized carbons (Fsp3) is 0. The van der Waals surface area contributed by atoms with Gasteiger partial charge in [-0.1, -0.05) is 24.3 Å². The molecule has 0 bridgehead atoms. The number of rotatable bonds is 3. The molecule has 29 heavy (non-hydrogen) atoms. The van der Waals surface area contributed by atoms with Gasteiger partial charge in [0.2, 0.25) is 0 Å². The Kier molecular flexibility index (Phi) is 12.5. The summed E-state index contributed by atoms with van der Waals surface area (Å²) in [6.45, 7) is 0. The molecule has 0 radical (unpaired) electrons. The Bertz CT molecular complexity index is 1400. The summed E-state index contributed by atoms with van der Waals surface area (Å²) >= 11 is 0. The van der Waals surface area contributed by atoms with E-state index in [9.17, 15) is 38.9 Å². The van der Waals surface area contributed by atoms with Gasteiger partial charge in [0.15, 0.2) is 0 Å². The molecule has 0 atom stereocenters. The van der Waals surface area contributed by atoms with Gasteiger partial charge >= 0.3 is 150 Å². The van der Waals surface area contributed by atoms with Crippen LogP contribution in [0.25, 0.3) is 21.5 Å². The third-order valence-electron chi connectivity index (χ3n) is 3.65. The number of benzene rings is 3. The molecule has 3 aromatic carbocycles. The van der Waals surface area contributed by atoms with Crippen molar-refractivity contribution in [2.75, 3.05) is 0 Å². The van der Waals surface area contributed by atoms with Gasteiger partial charge < -0.3 is 13.7 Å². The molecule has 3 aromatic rings. The van der Waals surface area contributed by atoms with Crippen LogP contribution in [0, 0.1) is 150 Å². The first-order valence-corrected chi connectivity index (χ1v) is 10.9. The van der Waals surface area contributed by atoms with E-state index >= 15 is 0 Å². The maximum Gasteiger partial charge on any atom is 1.00 e. The molecular weight excluding hydrogens is 1080 g/mol. The predicted octanol–water partition coefficient (Wildman–Crippen LogP) is 0.705. The maximum absolute atomic E-state index is 11.7. The molecule has 0 aliphatic rings. The van der Waals surface area contributed by atoms with Crippen molar-refractivity contribution in [1.82, 2.24) is 0 Å². The van der Waals surface area contributed by atoms with Gasteiger partial charge in [-0.3, -0.25) is 0 Å². The molecule has 0 N–H and O–H groups in total. The van der Waals surface area contributed by atoms with Crippen LogP contribution >= 0.6 is 0 Å². The zero-order valence-corrected chi connectivity index (χ0v) is 42.5. The second kappa shape index (κ2) is 11.4. The molecule has 0 saturated carbocycles. The standard InChI is InChI=1S/C14H10O9S3.3Fr/c15-24(16,17)12-7-10-5-8-3-1-2-4-9(8)6-11(10)13(25(18,19)20)14(12)26(21,22)23;;;/h1-7H,(H,15,16,17)(H,18,19,20)(H,21,22,23);;;/q;3*+1/p-3. The van der Waals surface area contributed by atoms with Crippen molar-refractivity contribution in [2.45, 2.75) is 14.7 Å². The zero-order chi connectivity index (χ0) is 19.5. The van der Waals surface area contributed by atoms with Gasteiger partial charge in [-0.25, -0.2) is 25.3 Å². The van der Waals surface area contributed by atoms with Crippen molar-refractivity contribution in [2.24, 2.45) is 0 Å². The minimum absolute atomic E-state index is 0. The molecular formula is C14H7Fr3O9S3. The van der Waals surface area contributed by atoms with Crippen molar-refractivity contribution in [3.8, 4) is 0 Å². The molecule has 138 valence electrons. The quantitative estimate of drug-likeness (QED) is 0.271. The maximum atomic E-state index is 11.7. The summed E-state index contributed by atoms with van der Waals surface area (Å²) < 4.78 is 104. The van der Waals surface area contributed by atoms with Crippen molar-refractivity contribution >= 4 is 51.9 Å². The van der Waals surface area contributed by atoms with Gasteiger partial charge in [0.25, 0.3) is 0 Å². The Labute approximate surface area is 290 Å². The van der Waals surface area contributed by atoms with E-state index in [1.54, 1.807) is 18.2 Å². The molecule has 0 unspecified atom stereocenters.